The van der Waals surface area contributed by atoms with Crippen LogP contribution in [0.5, 0.6) is 0 Å². The van der Waals surface area contributed by atoms with E-state index in [0.29, 0.717) is 26.0 Å². The van der Waals surface area contributed by atoms with E-state index in [9.17, 15) is 9.59 Å². The summed E-state index contributed by atoms with van der Waals surface area (Å²) >= 11 is 0. The predicted molar refractivity (Wildman–Crippen MR) is 64.5 cm³/mol. The molecule has 0 saturated carbocycles. The van der Waals surface area contributed by atoms with Crippen molar-refractivity contribution in [2.75, 3.05) is 20.3 Å². The number of ether oxygens (including phenoxy) is 1. The van der Waals surface area contributed by atoms with Gasteiger partial charge in [-0.15, -0.1) is 0 Å². The molecular weight excluding hydrogens is 220 g/mol. The third kappa shape index (κ3) is 2.29. The van der Waals surface area contributed by atoms with Crippen LogP contribution in [0.3, 0.4) is 0 Å². The number of carbonyl (C=O) groups is 2. The van der Waals surface area contributed by atoms with E-state index in [-0.39, 0.29) is 11.8 Å². The highest BCUT2D eigenvalue weighted by molar-refractivity contribution is 5.99. The van der Waals surface area contributed by atoms with Crippen molar-refractivity contribution in [3.63, 3.8) is 0 Å². The molecule has 1 aliphatic heterocycles. The van der Waals surface area contributed by atoms with Gasteiger partial charge in [-0.25, -0.2) is 0 Å². The zero-order valence-electron chi connectivity index (χ0n) is 11.1. The average Bonchev–Trinajstić information content (AvgIpc) is 2.32. The topological polar surface area (TPSA) is 58.6 Å². The summed E-state index contributed by atoms with van der Waals surface area (Å²) in [6.45, 7) is 6.51. The molecule has 1 aliphatic rings. The zero-order chi connectivity index (χ0) is 13.1. The van der Waals surface area contributed by atoms with Crippen molar-refractivity contribution in [1.82, 2.24) is 10.2 Å². The second-order valence-electron chi connectivity index (χ2n) is 4.42. The summed E-state index contributed by atoms with van der Waals surface area (Å²) in [5.41, 5.74) is -0.706. The molecule has 1 N–H and O–H groups in total. The third-order valence-electron chi connectivity index (χ3n) is 3.61. The number of rotatable bonds is 5. The SMILES string of the molecule is CCC1(CC)C(=O)NC(C)C(=O)N1CCOC. The Morgan fingerprint density at radius 2 is 1.94 bits per heavy atom. The van der Waals surface area contributed by atoms with Gasteiger partial charge in [-0.1, -0.05) is 13.8 Å². The summed E-state index contributed by atoms with van der Waals surface area (Å²) in [4.78, 5) is 26.0. The van der Waals surface area contributed by atoms with Gasteiger partial charge in [0.15, 0.2) is 0 Å². The fourth-order valence-corrected chi connectivity index (χ4v) is 2.42. The van der Waals surface area contributed by atoms with E-state index < -0.39 is 11.6 Å². The van der Waals surface area contributed by atoms with Gasteiger partial charge in [0.1, 0.15) is 11.6 Å². The highest BCUT2D eigenvalue weighted by Gasteiger charge is 2.48. The van der Waals surface area contributed by atoms with Gasteiger partial charge in [-0.2, -0.15) is 0 Å². The summed E-state index contributed by atoms with van der Waals surface area (Å²) in [7, 11) is 1.59. The number of piperazine rings is 1. The molecule has 0 aliphatic carbocycles. The summed E-state index contributed by atoms with van der Waals surface area (Å²) in [6.07, 6.45) is 1.25. The molecule has 5 nitrogen and oxygen atoms in total. The quantitative estimate of drug-likeness (QED) is 0.765. The van der Waals surface area contributed by atoms with Gasteiger partial charge in [0.25, 0.3) is 0 Å². The summed E-state index contributed by atoms with van der Waals surface area (Å²) in [5.74, 6) is -0.0731. The van der Waals surface area contributed by atoms with Crippen LogP contribution in [0.4, 0.5) is 0 Å². The van der Waals surface area contributed by atoms with E-state index in [0.717, 1.165) is 0 Å². The van der Waals surface area contributed by atoms with Gasteiger partial charge in [0, 0.05) is 13.7 Å². The van der Waals surface area contributed by atoms with Gasteiger partial charge in [0.05, 0.1) is 6.61 Å². The Balaban J connectivity index is 3.02. The lowest BCUT2D eigenvalue weighted by Crippen LogP contribution is -2.70. The van der Waals surface area contributed by atoms with Crippen molar-refractivity contribution < 1.29 is 14.3 Å². The van der Waals surface area contributed by atoms with Crippen molar-refractivity contribution >= 4 is 11.8 Å². The Hall–Kier alpha value is -1.10. The molecule has 1 saturated heterocycles. The van der Waals surface area contributed by atoms with Crippen LogP contribution in [0.25, 0.3) is 0 Å². The molecule has 2 amide bonds. The molecule has 1 unspecified atom stereocenters. The van der Waals surface area contributed by atoms with Crippen LogP contribution in [0.15, 0.2) is 0 Å². The van der Waals surface area contributed by atoms with E-state index in [2.05, 4.69) is 5.32 Å². The third-order valence-corrected chi connectivity index (χ3v) is 3.61. The Morgan fingerprint density at radius 1 is 1.35 bits per heavy atom. The fraction of sp³-hybridized carbons (Fsp3) is 0.833. The maximum Gasteiger partial charge on any atom is 0.246 e. The number of nitrogens with one attached hydrogen (secondary N) is 1. The molecule has 1 atom stereocenters. The summed E-state index contributed by atoms with van der Waals surface area (Å²) < 4.78 is 5.02. The normalized spacial score (nSPS) is 23.8. The van der Waals surface area contributed by atoms with Crippen LogP contribution in [0.1, 0.15) is 33.6 Å². The number of amides is 2. The number of hydrogen-bond acceptors (Lipinski definition) is 3. The lowest BCUT2D eigenvalue weighted by Gasteiger charge is -2.47. The van der Waals surface area contributed by atoms with Crippen molar-refractivity contribution in [2.45, 2.75) is 45.2 Å². The van der Waals surface area contributed by atoms with Gasteiger partial charge in [-0.05, 0) is 19.8 Å². The largest absolute Gasteiger partial charge is 0.383 e. The Kier molecular flexibility index (Phi) is 4.51. The standard InChI is InChI=1S/C12H22N2O3/c1-5-12(6-2)11(16)13-9(3)10(15)14(12)7-8-17-4/h9H,5-8H2,1-4H3,(H,13,16). The van der Waals surface area contributed by atoms with Crippen molar-refractivity contribution in [2.24, 2.45) is 0 Å². The molecule has 0 bridgehead atoms. The van der Waals surface area contributed by atoms with Gasteiger partial charge in [0.2, 0.25) is 11.8 Å². The summed E-state index contributed by atoms with van der Waals surface area (Å²) in [5, 5.41) is 2.76. The number of hydrogen-bond donors (Lipinski definition) is 1. The molecule has 1 rings (SSSR count). The first-order chi connectivity index (χ1) is 8.03. The molecule has 0 radical (unpaired) electrons. The highest BCUT2D eigenvalue weighted by atomic mass is 16.5. The van der Waals surface area contributed by atoms with Crippen LogP contribution < -0.4 is 5.32 Å². The number of methoxy groups -OCH3 is 1. The minimum Gasteiger partial charge on any atom is -0.383 e. The van der Waals surface area contributed by atoms with Crippen LogP contribution >= 0.6 is 0 Å². The van der Waals surface area contributed by atoms with E-state index in [1.807, 2.05) is 13.8 Å². The average molecular weight is 242 g/mol. The van der Waals surface area contributed by atoms with Crippen molar-refractivity contribution in [1.29, 1.82) is 0 Å². The lowest BCUT2D eigenvalue weighted by atomic mass is 9.86. The minimum absolute atomic E-state index is 0.0228. The maximum atomic E-state index is 12.2. The molecule has 5 heteroatoms. The van der Waals surface area contributed by atoms with Gasteiger partial charge < -0.3 is 15.0 Å². The highest BCUT2D eigenvalue weighted by Crippen LogP contribution is 2.28. The minimum atomic E-state index is -0.706. The second kappa shape index (κ2) is 5.49. The monoisotopic (exact) mass is 242 g/mol. The van der Waals surface area contributed by atoms with Gasteiger partial charge in [-0.3, -0.25) is 9.59 Å². The fourth-order valence-electron chi connectivity index (χ4n) is 2.42. The van der Waals surface area contributed by atoms with E-state index in [4.69, 9.17) is 4.74 Å². The van der Waals surface area contributed by atoms with Crippen molar-refractivity contribution in [3.05, 3.63) is 0 Å². The first kappa shape index (κ1) is 14.0. The summed E-state index contributed by atoms with van der Waals surface area (Å²) in [6, 6.07) is -0.439. The first-order valence-electron chi connectivity index (χ1n) is 6.14. The Labute approximate surface area is 102 Å². The maximum absolute atomic E-state index is 12.2. The molecule has 0 aromatic heterocycles. The van der Waals surface area contributed by atoms with Crippen LogP contribution in [0.2, 0.25) is 0 Å². The van der Waals surface area contributed by atoms with E-state index in [1.165, 1.54) is 0 Å². The smallest absolute Gasteiger partial charge is 0.246 e. The van der Waals surface area contributed by atoms with Crippen molar-refractivity contribution in [3.8, 4) is 0 Å². The van der Waals surface area contributed by atoms with E-state index in [1.54, 1.807) is 18.9 Å². The molecule has 1 fully saturated rings. The molecule has 0 aromatic rings. The van der Waals surface area contributed by atoms with Crippen LogP contribution in [0, 0.1) is 0 Å². The van der Waals surface area contributed by atoms with E-state index >= 15 is 0 Å². The van der Waals surface area contributed by atoms with Crippen LogP contribution in [-0.2, 0) is 14.3 Å². The first-order valence-corrected chi connectivity index (χ1v) is 6.14. The Morgan fingerprint density at radius 3 is 2.41 bits per heavy atom. The molecular formula is C12H22N2O3. The molecule has 98 valence electrons. The molecule has 1 heterocycles. The number of carbonyl (C=O) groups excluding carboxylic acids is 2. The number of nitrogens with zero attached hydrogens (tertiary/aromatic N) is 1. The lowest BCUT2D eigenvalue weighted by molar-refractivity contribution is -0.158. The predicted octanol–water partition coefficient (Wildman–Crippen LogP) is 0.539. The molecule has 0 spiro atoms. The zero-order valence-corrected chi connectivity index (χ0v) is 11.1. The molecule has 0 aromatic carbocycles. The second-order valence-corrected chi connectivity index (χ2v) is 4.42. The Bertz CT molecular complexity index is 300. The molecule has 17 heavy (non-hydrogen) atoms. The van der Waals surface area contributed by atoms with Crippen LogP contribution in [-0.4, -0.2) is 48.6 Å². The van der Waals surface area contributed by atoms with Gasteiger partial charge >= 0.3 is 0 Å².